The van der Waals surface area contributed by atoms with Gasteiger partial charge in [-0.15, -0.1) is 0 Å². The van der Waals surface area contributed by atoms with Crippen molar-refractivity contribution in [1.82, 2.24) is 5.32 Å². The molecule has 1 unspecified atom stereocenters. The molecule has 0 aliphatic rings. The molecule has 0 fully saturated rings. The first kappa shape index (κ1) is 18.3. The number of carbonyl (C=O) groups is 1. The minimum atomic E-state index is -4.47. The lowest BCUT2D eigenvalue weighted by Crippen LogP contribution is -2.43. The summed E-state index contributed by atoms with van der Waals surface area (Å²) >= 11 is 0. The van der Waals surface area contributed by atoms with Gasteiger partial charge in [0.15, 0.2) is 0 Å². The molecule has 0 bridgehead atoms. The summed E-state index contributed by atoms with van der Waals surface area (Å²) < 4.78 is 63.6. The highest BCUT2D eigenvalue weighted by Gasteiger charge is 2.31. The molecule has 0 aliphatic heterocycles. The largest absolute Gasteiger partial charge is 0.416 e. The zero-order chi connectivity index (χ0) is 17.0. The van der Waals surface area contributed by atoms with Crippen molar-refractivity contribution >= 4 is 5.91 Å². The molecule has 0 radical (unpaired) electrons. The van der Waals surface area contributed by atoms with Crippen LogP contribution in [0.5, 0.6) is 0 Å². The van der Waals surface area contributed by atoms with Crippen molar-refractivity contribution in [3.63, 3.8) is 0 Å². The molecule has 0 spiro atoms. The predicted octanol–water partition coefficient (Wildman–Crippen LogP) is 2.59. The van der Waals surface area contributed by atoms with Gasteiger partial charge in [0.05, 0.1) is 18.7 Å². The fourth-order valence-corrected chi connectivity index (χ4v) is 1.78. The van der Waals surface area contributed by atoms with Gasteiger partial charge in [0.2, 0.25) is 5.91 Å². The number of halogens is 5. The van der Waals surface area contributed by atoms with Crippen molar-refractivity contribution < 1.29 is 26.7 Å². The Labute approximate surface area is 124 Å². The predicted molar refractivity (Wildman–Crippen MR) is 71.3 cm³/mol. The molecule has 1 rings (SSSR count). The van der Waals surface area contributed by atoms with Gasteiger partial charge in [0.1, 0.15) is 0 Å². The van der Waals surface area contributed by atoms with Crippen molar-refractivity contribution in [2.24, 2.45) is 11.7 Å². The van der Waals surface area contributed by atoms with Crippen LogP contribution >= 0.6 is 0 Å². The smallest absolute Gasteiger partial charge is 0.350 e. The fraction of sp³-hybridized carbons (Fsp3) is 0.500. The third kappa shape index (κ3) is 5.59. The Balaban J connectivity index is 2.65. The number of benzene rings is 1. The maximum absolute atomic E-state index is 12.9. The van der Waals surface area contributed by atoms with Crippen LogP contribution in [0.25, 0.3) is 0 Å². The number of rotatable bonds is 6. The molecule has 3 N–H and O–H groups in total. The molecule has 1 amide bonds. The fourth-order valence-electron chi connectivity index (χ4n) is 1.78. The van der Waals surface area contributed by atoms with Crippen molar-refractivity contribution in [2.75, 3.05) is 13.1 Å². The normalized spacial score (nSPS) is 13.8. The number of nitrogens with one attached hydrogen (secondary N) is 1. The second-order valence-corrected chi connectivity index (χ2v) is 5.08. The first-order valence-corrected chi connectivity index (χ1v) is 6.57. The Morgan fingerprint density at radius 2 is 1.91 bits per heavy atom. The standard InChI is InChI=1S/C14H17F5N2O/c1-9(12(22)21-8-13(15,16)7-20)5-10-3-2-4-11(6-10)14(17,18)19/h2-4,6,9H,5,7-8,20H2,1H3,(H,21,22). The van der Waals surface area contributed by atoms with Gasteiger partial charge in [-0.25, -0.2) is 8.78 Å². The first-order valence-electron chi connectivity index (χ1n) is 6.57. The van der Waals surface area contributed by atoms with Gasteiger partial charge in [0, 0.05) is 5.92 Å². The quantitative estimate of drug-likeness (QED) is 0.790. The summed E-state index contributed by atoms with van der Waals surface area (Å²) in [6.07, 6.45) is -4.45. The van der Waals surface area contributed by atoms with Crippen LogP contribution in [0.1, 0.15) is 18.1 Å². The topological polar surface area (TPSA) is 55.1 Å². The summed E-state index contributed by atoms with van der Waals surface area (Å²) in [5, 5.41) is 2.05. The number of hydrogen-bond acceptors (Lipinski definition) is 2. The Hall–Kier alpha value is -1.70. The summed E-state index contributed by atoms with van der Waals surface area (Å²) in [6.45, 7) is -0.333. The SMILES string of the molecule is CC(Cc1cccc(C(F)(F)F)c1)C(=O)NCC(F)(F)CN. The molecule has 0 heterocycles. The van der Waals surface area contributed by atoms with Gasteiger partial charge in [-0.3, -0.25) is 4.79 Å². The van der Waals surface area contributed by atoms with E-state index in [-0.39, 0.29) is 6.42 Å². The highest BCUT2D eigenvalue weighted by Crippen LogP contribution is 2.30. The van der Waals surface area contributed by atoms with Gasteiger partial charge < -0.3 is 11.1 Å². The summed E-state index contributed by atoms with van der Waals surface area (Å²) in [5.74, 6) is -4.60. The summed E-state index contributed by atoms with van der Waals surface area (Å²) in [6, 6.07) is 4.56. The lowest BCUT2D eigenvalue weighted by Gasteiger charge is -2.17. The van der Waals surface area contributed by atoms with Crippen LogP contribution in [-0.4, -0.2) is 24.9 Å². The van der Waals surface area contributed by atoms with Crippen molar-refractivity contribution in [3.05, 3.63) is 35.4 Å². The van der Waals surface area contributed by atoms with E-state index < -0.39 is 42.6 Å². The molecule has 22 heavy (non-hydrogen) atoms. The number of alkyl halides is 5. The van der Waals surface area contributed by atoms with E-state index in [9.17, 15) is 26.7 Å². The zero-order valence-corrected chi connectivity index (χ0v) is 11.9. The van der Waals surface area contributed by atoms with Crippen LogP contribution in [0.4, 0.5) is 22.0 Å². The average molecular weight is 324 g/mol. The zero-order valence-electron chi connectivity index (χ0n) is 11.9. The highest BCUT2D eigenvalue weighted by molar-refractivity contribution is 5.78. The minimum Gasteiger partial charge on any atom is -0.350 e. The van der Waals surface area contributed by atoms with E-state index in [1.807, 2.05) is 5.32 Å². The van der Waals surface area contributed by atoms with E-state index in [2.05, 4.69) is 0 Å². The molecule has 8 heteroatoms. The maximum Gasteiger partial charge on any atom is 0.416 e. The average Bonchev–Trinajstić information content (AvgIpc) is 2.44. The third-order valence-electron chi connectivity index (χ3n) is 3.06. The van der Waals surface area contributed by atoms with Crippen molar-refractivity contribution in [1.29, 1.82) is 0 Å². The van der Waals surface area contributed by atoms with E-state index in [1.165, 1.54) is 19.1 Å². The molecule has 3 nitrogen and oxygen atoms in total. The molecule has 0 aromatic heterocycles. The minimum absolute atomic E-state index is 0.0178. The van der Waals surface area contributed by atoms with Crippen LogP contribution in [0.3, 0.4) is 0 Å². The molecule has 1 aromatic rings. The maximum atomic E-state index is 12.9. The van der Waals surface area contributed by atoms with E-state index in [0.29, 0.717) is 5.56 Å². The lowest BCUT2D eigenvalue weighted by molar-refractivity contribution is -0.137. The van der Waals surface area contributed by atoms with Crippen LogP contribution < -0.4 is 11.1 Å². The number of carbonyl (C=O) groups excluding carboxylic acids is 1. The number of hydrogen-bond donors (Lipinski definition) is 2. The highest BCUT2D eigenvalue weighted by atomic mass is 19.4. The molecule has 1 atom stereocenters. The molecule has 124 valence electrons. The van der Waals surface area contributed by atoms with Crippen LogP contribution in [0, 0.1) is 5.92 Å². The first-order chi connectivity index (χ1) is 10.0. The number of amides is 1. The summed E-state index contributed by atoms with van der Waals surface area (Å²) in [4.78, 5) is 11.7. The van der Waals surface area contributed by atoms with Crippen LogP contribution in [-0.2, 0) is 17.4 Å². The summed E-state index contributed by atoms with van der Waals surface area (Å²) in [7, 11) is 0. The monoisotopic (exact) mass is 324 g/mol. The molecule has 0 aliphatic carbocycles. The second kappa shape index (κ2) is 7.04. The van der Waals surface area contributed by atoms with Gasteiger partial charge in [0.25, 0.3) is 5.92 Å². The Kier molecular flexibility index (Phi) is 5.87. The van der Waals surface area contributed by atoms with Gasteiger partial charge in [-0.2, -0.15) is 13.2 Å². The van der Waals surface area contributed by atoms with Crippen molar-refractivity contribution in [2.45, 2.75) is 25.4 Å². The Morgan fingerprint density at radius 3 is 2.45 bits per heavy atom. The van der Waals surface area contributed by atoms with Crippen molar-refractivity contribution in [3.8, 4) is 0 Å². The van der Waals surface area contributed by atoms with E-state index in [4.69, 9.17) is 5.73 Å². The van der Waals surface area contributed by atoms with Crippen LogP contribution in [0.2, 0.25) is 0 Å². The van der Waals surface area contributed by atoms with Gasteiger partial charge in [-0.05, 0) is 18.1 Å². The van der Waals surface area contributed by atoms with Gasteiger partial charge in [-0.1, -0.05) is 25.1 Å². The van der Waals surface area contributed by atoms with E-state index in [1.54, 1.807) is 0 Å². The second-order valence-electron chi connectivity index (χ2n) is 5.08. The van der Waals surface area contributed by atoms with E-state index >= 15 is 0 Å². The Morgan fingerprint density at radius 1 is 1.27 bits per heavy atom. The van der Waals surface area contributed by atoms with E-state index in [0.717, 1.165) is 12.1 Å². The van der Waals surface area contributed by atoms with Crippen LogP contribution in [0.15, 0.2) is 24.3 Å². The summed E-state index contributed by atoms with van der Waals surface area (Å²) in [5.41, 5.74) is 4.34. The number of nitrogens with two attached hydrogens (primary N) is 1. The third-order valence-corrected chi connectivity index (χ3v) is 3.06. The molecular weight excluding hydrogens is 307 g/mol. The molecule has 0 saturated carbocycles. The lowest BCUT2D eigenvalue weighted by atomic mass is 9.98. The molecule has 1 aromatic carbocycles. The van der Waals surface area contributed by atoms with Gasteiger partial charge >= 0.3 is 6.18 Å². The molecule has 0 saturated heterocycles. The Bertz CT molecular complexity index is 516. The molecular formula is C14H17F5N2O.